The summed E-state index contributed by atoms with van der Waals surface area (Å²) in [6.07, 6.45) is 8.81. The normalized spacial score (nSPS) is 23.0. The van der Waals surface area contributed by atoms with Gasteiger partial charge >= 0.3 is 0 Å². The van der Waals surface area contributed by atoms with Gasteiger partial charge in [0, 0.05) is 17.8 Å². The number of hydrogen-bond donors (Lipinski definition) is 2. The zero-order chi connectivity index (χ0) is 13.7. The molecule has 1 amide bonds. The van der Waals surface area contributed by atoms with Crippen LogP contribution in [0.25, 0.3) is 0 Å². The molecule has 1 fully saturated rings. The molecule has 3 N–H and O–H groups in total. The second-order valence-electron chi connectivity index (χ2n) is 5.45. The maximum atomic E-state index is 12.1. The molecule has 2 rings (SSSR count). The van der Waals surface area contributed by atoms with E-state index in [0.717, 1.165) is 18.8 Å². The quantitative estimate of drug-likeness (QED) is 0.875. The van der Waals surface area contributed by atoms with E-state index in [1.165, 1.54) is 25.7 Å². The van der Waals surface area contributed by atoms with Gasteiger partial charge in [-0.1, -0.05) is 19.8 Å². The molecular formula is C15H23N3O. The summed E-state index contributed by atoms with van der Waals surface area (Å²) in [5.41, 5.74) is 6.19. The Labute approximate surface area is 114 Å². The number of hydrogen-bond acceptors (Lipinski definition) is 3. The smallest absolute Gasteiger partial charge is 0.251 e. The van der Waals surface area contributed by atoms with E-state index in [-0.39, 0.29) is 5.91 Å². The molecule has 0 aromatic carbocycles. The van der Waals surface area contributed by atoms with E-state index in [0.29, 0.717) is 17.4 Å². The van der Waals surface area contributed by atoms with Gasteiger partial charge in [-0.25, -0.2) is 4.98 Å². The Morgan fingerprint density at radius 1 is 1.42 bits per heavy atom. The van der Waals surface area contributed by atoms with Crippen LogP contribution in [0, 0.1) is 5.92 Å². The molecule has 4 nitrogen and oxygen atoms in total. The number of pyridine rings is 1. The second kappa shape index (κ2) is 6.55. The molecule has 0 saturated heterocycles. The van der Waals surface area contributed by atoms with Gasteiger partial charge in [-0.15, -0.1) is 0 Å². The molecule has 19 heavy (non-hydrogen) atoms. The van der Waals surface area contributed by atoms with Crippen molar-refractivity contribution >= 4 is 11.7 Å². The van der Waals surface area contributed by atoms with Crippen LogP contribution in [0.4, 0.5) is 5.82 Å². The van der Waals surface area contributed by atoms with Crippen LogP contribution in [0.15, 0.2) is 18.3 Å². The summed E-state index contributed by atoms with van der Waals surface area (Å²) in [5, 5.41) is 3.10. The van der Waals surface area contributed by atoms with Crippen molar-refractivity contribution in [3.8, 4) is 0 Å². The minimum atomic E-state index is -0.0342. The summed E-state index contributed by atoms with van der Waals surface area (Å²) >= 11 is 0. The fourth-order valence-electron chi connectivity index (χ4n) is 2.86. The van der Waals surface area contributed by atoms with E-state index >= 15 is 0 Å². The van der Waals surface area contributed by atoms with Crippen molar-refractivity contribution in [2.45, 2.75) is 51.5 Å². The number of amides is 1. The molecule has 0 radical (unpaired) electrons. The minimum Gasteiger partial charge on any atom is -0.384 e. The Morgan fingerprint density at radius 3 is 2.79 bits per heavy atom. The zero-order valence-electron chi connectivity index (χ0n) is 11.6. The summed E-state index contributed by atoms with van der Waals surface area (Å²) < 4.78 is 0. The van der Waals surface area contributed by atoms with Crippen molar-refractivity contribution in [3.05, 3.63) is 23.9 Å². The maximum absolute atomic E-state index is 12.1. The van der Waals surface area contributed by atoms with Gasteiger partial charge in [0.15, 0.2) is 0 Å². The highest BCUT2D eigenvalue weighted by atomic mass is 16.1. The second-order valence-corrected chi connectivity index (χ2v) is 5.45. The number of anilines is 1. The van der Waals surface area contributed by atoms with E-state index < -0.39 is 0 Å². The highest BCUT2D eigenvalue weighted by Crippen LogP contribution is 2.27. The van der Waals surface area contributed by atoms with Gasteiger partial charge < -0.3 is 11.1 Å². The van der Waals surface area contributed by atoms with Gasteiger partial charge in [0.25, 0.3) is 5.91 Å². The standard InChI is InChI=1S/C15H23N3O/c1-2-3-11-4-6-13(7-5-11)18-15(19)12-8-9-17-14(16)10-12/h8-11,13H,2-7H2,1H3,(H2,16,17)(H,18,19). The molecule has 1 aromatic heterocycles. The Kier molecular flexibility index (Phi) is 4.77. The van der Waals surface area contributed by atoms with Gasteiger partial charge in [0.05, 0.1) is 0 Å². The highest BCUT2D eigenvalue weighted by Gasteiger charge is 2.22. The zero-order valence-corrected chi connectivity index (χ0v) is 11.6. The third-order valence-electron chi connectivity index (χ3n) is 3.92. The van der Waals surface area contributed by atoms with Crippen LogP contribution in [0.5, 0.6) is 0 Å². The first-order valence-corrected chi connectivity index (χ1v) is 7.21. The Morgan fingerprint density at radius 2 is 2.16 bits per heavy atom. The molecule has 0 bridgehead atoms. The molecule has 4 heteroatoms. The van der Waals surface area contributed by atoms with Gasteiger partial charge in [0.1, 0.15) is 5.82 Å². The first-order valence-electron chi connectivity index (χ1n) is 7.21. The molecule has 1 aliphatic carbocycles. The molecule has 0 atom stereocenters. The molecule has 104 valence electrons. The Hall–Kier alpha value is -1.58. The summed E-state index contributed by atoms with van der Waals surface area (Å²) in [5.74, 6) is 1.21. The number of rotatable bonds is 4. The summed E-state index contributed by atoms with van der Waals surface area (Å²) in [7, 11) is 0. The first-order chi connectivity index (χ1) is 9.19. The van der Waals surface area contributed by atoms with Crippen LogP contribution in [-0.2, 0) is 0 Å². The maximum Gasteiger partial charge on any atom is 0.251 e. The number of nitrogens with two attached hydrogens (primary N) is 1. The molecule has 0 spiro atoms. The summed E-state index contributed by atoms with van der Waals surface area (Å²) in [6, 6.07) is 3.64. The van der Waals surface area contributed by atoms with Crippen LogP contribution < -0.4 is 11.1 Å². The van der Waals surface area contributed by atoms with E-state index in [2.05, 4.69) is 17.2 Å². The predicted octanol–water partition coefficient (Wildman–Crippen LogP) is 2.75. The topological polar surface area (TPSA) is 68.0 Å². The molecule has 0 aliphatic heterocycles. The average molecular weight is 261 g/mol. The molecule has 0 unspecified atom stereocenters. The summed E-state index contributed by atoms with van der Waals surface area (Å²) in [6.45, 7) is 2.24. The highest BCUT2D eigenvalue weighted by molar-refractivity contribution is 5.94. The first kappa shape index (κ1) is 13.8. The number of nitrogens with one attached hydrogen (secondary N) is 1. The van der Waals surface area contributed by atoms with Crippen molar-refractivity contribution in [1.82, 2.24) is 10.3 Å². The van der Waals surface area contributed by atoms with E-state index in [1.54, 1.807) is 18.3 Å². The van der Waals surface area contributed by atoms with Crippen LogP contribution in [0.3, 0.4) is 0 Å². The minimum absolute atomic E-state index is 0.0342. The fourth-order valence-corrected chi connectivity index (χ4v) is 2.86. The van der Waals surface area contributed by atoms with Crippen molar-refractivity contribution in [2.24, 2.45) is 5.92 Å². The van der Waals surface area contributed by atoms with Crippen LogP contribution in [-0.4, -0.2) is 16.9 Å². The molecular weight excluding hydrogens is 238 g/mol. The molecule has 1 saturated carbocycles. The van der Waals surface area contributed by atoms with Crippen molar-refractivity contribution < 1.29 is 4.79 Å². The average Bonchev–Trinajstić information content (AvgIpc) is 2.41. The number of carbonyl (C=O) groups is 1. The Bertz CT molecular complexity index is 425. The van der Waals surface area contributed by atoms with Crippen molar-refractivity contribution in [2.75, 3.05) is 5.73 Å². The number of nitrogens with zero attached hydrogens (tertiary/aromatic N) is 1. The molecule has 1 aliphatic rings. The number of nitrogen functional groups attached to an aromatic ring is 1. The van der Waals surface area contributed by atoms with Crippen molar-refractivity contribution in [1.29, 1.82) is 0 Å². The van der Waals surface area contributed by atoms with Crippen LogP contribution >= 0.6 is 0 Å². The molecule has 1 aromatic rings. The van der Waals surface area contributed by atoms with Crippen LogP contribution in [0.2, 0.25) is 0 Å². The van der Waals surface area contributed by atoms with Gasteiger partial charge in [0.2, 0.25) is 0 Å². The van der Waals surface area contributed by atoms with E-state index in [1.807, 2.05) is 0 Å². The largest absolute Gasteiger partial charge is 0.384 e. The Balaban J connectivity index is 1.84. The fraction of sp³-hybridized carbons (Fsp3) is 0.600. The van der Waals surface area contributed by atoms with Gasteiger partial charge in [-0.05, 0) is 43.7 Å². The lowest BCUT2D eigenvalue weighted by molar-refractivity contribution is 0.0921. The lowest BCUT2D eigenvalue weighted by Gasteiger charge is -2.29. The predicted molar refractivity (Wildman–Crippen MR) is 76.8 cm³/mol. The van der Waals surface area contributed by atoms with Crippen molar-refractivity contribution in [3.63, 3.8) is 0 Å². The number of aromatic nitrogens is 1. The molecule has 1 heterocycles. The lowest BCUT2D eigenvalue weighted by Crippen LogP contribution is -2.37. The monoisotopic (exact) mass is 261 g/mol. The third-order valence-corrected chi connectivity index (χ3v) is 3.92. The number of carbonyl (C=O) groups excluding carboxylic acids is 1. The third kappa shape index (κ3) is 3.94. The van der Waals surface area contributed by atoms with E-state index in [9.17, 15) is 4.79 Å². The summed E-state index contributed by atoms with van der Waals surface area (Å²) in [4.78, 5) is 16.0. The van der Waals surface area contributed by atoms with E-state index in [4.69, 9.17) is 5.73 Å². The van der Waals surface area contributed by atoms with Gasteiger partial charge in [-0.2, -0.15) is 0 Å². The SMILES string of the molecule is CCCC1CCC(NC(=O)c2ccnc(N)c2)CC1. The van der Waals surface area contributed by atoms with Gasteiger partial charge in [-0.3, -0.25) is 4.79 Å². The van der Waals surface area contributed by atoms with Crippen LogP contribution in [0.1, 0.15) is 55.8 Å². The lowest BCUT2D eigenvalue weighted by atomic mass is 9.83.